The predicted molar refractivity (Wildman–Crippen MR) is 96.9 cm³/mol. The number of rotatable bonds is 7. The molecule has 0 spiro atoms. The first kappa shape index (κ1) is 18.3. The van der Waals surface area contributed by atoms with E-state index in [1.54, 1.807) is 18.3 Å². The topological polar surface area (TPSA) is 69.2 Å². The van der Waals surface area contributed by atoms with Crippen molar-refractivity contribution in [3.63, 3.8) is 0 Å². The van der Waals surface area contributed by atoms with E-state index in [0.29, 0.717) is 22.8 Å². The van der Waals surface area contributed by atoms with Crippen LogP contribution in [0.15, 0.2) is 47.6 Å². The summed E-state index contributed by atoms with van der Waals surface area (Å²) in [5.41, 5.74) is 4.00. The SMILES string of the molecule is COc1cc(C(=O)N/N=C/C(C)c2ccccc2)cc(OC)c1OC. The van der Waals surface area contributed by atoms with Crippen molar-refractivity contribution < 1.29 is 19.0 Å². The highest BCUT2D eigenvalue weighted by atomic mass is 16.5. The van der Waals surface area contributed by atoms with Crippen molar-refractivity contribution >= 4 is 12.1 Å². The van der Waals surface area contributed by atoms with Gasteiger partial charge in [-0.3, -0.25) is 4.79 Å². The van der Waals surface area contributed by atoms with Crippen molar-refractivity contribution in [3.8, 4) is 17.2 Å². The quantitative estimate of drug-likeness (QED) is 0.619. The Labute approximate surface area is 147 Å². The van der Waals surface area contributed by atoms with Gasteiger partial charge in [0.2, 0.25) is 5.75 Å². The highest BCUT2D eigenvalue weighted by molar-refractivity contribution is 5.95. The molecule has 0 heterocycles. The first-order chi connectivity index (χ1) is 12.1. The molecular formula is C19H22N2O4. The minimum atomic E-state index is -0.365. The van der Waals surface area contributed by atoms with E-state index in [9.17, 15) is 4.79 Å². The molecule has 2 rings (SSSR count). The zero-order valence-electron chi connectivity index (χ0n) is 14.8. The van der Waals surface area contributed by atoms with E-state index < -0.39 is 0 Å². The van der Waals surface area contributed by atoms with Gasteiger partial charge in [-0.2, -0.15) is 5.10 Å². The lowest BCUT2D eigenvalue weighted by atomic mass is 10.0. The second-order valence-electron chi connectivity index (χ2n) is 5.33. The van der Waals surface area contributed by atoms with E-state index in [0.717, 1.165) is 5.56 Å². The maximum Gasteiger partial charge on any atom is 0.271 e. The number of amides is 1. The molecule has 1 unspecified atom stereocenters. The van der Waals surface area contributed by atoms with Crippen LogP contribution in [0.1, 0.15) is 28.8 Å². The molecule has 0 aliphatic heterocycles. The Bertz CT molecular complexity index is 719. The van der Waals surface area contributed by atoms with Gasteiger partial charge < -0.3 is 14.2 Å². The lowest BCUT2D eigenvalue weighted by molar-refractivity contribution is 0.0954. The normalized spacial score (nSPS) is 11.8. The maximum absolute atomic E-state index is 12.3. The van der Waals surface area contributed by atoms with Crippen molar-refractivity contribution in [3.05, 3.63) is 53.6 Å². The highest BCUT2D eigenvalue weighted by Crippen LogP contribution is 2.38. The van der Waals surface area contributed by atoms with E-state index in [4.69, 9.17) is 14.2 Å². The fourth-order valence-electron chi connectivity index (χ4n) is 2.33. The Kier molecular flexibility index (Phi) is 6.39. The minimum Gasteiger partial charge on any atom is -0.493 e. The van der Waals surface area contributed by atoms with E-state index in [1.165, 1.54) is 21.3 Å². The van der Waals surface area contributed by atoms with Crippen LogP contribution in [-0.4, -0.2) is 33.5 Å². The summed E-state index contributed by atoms with van der Waals surface area (Å²) in [4.78, 5) is 12.3. The summed E-state index contributed by atoms with van der Waals surface area (Å²) < 4.78 is 15.7. The third-order valence-electron chi connectivity index (χ3n) is 3.72. The van der Waals surface area contributed by atoms with Crippen molar-refractivity contribution in [1.82, 2.24) is 5.43 Å². The second-order valence-corrected chi connectivity index (χ2v) is 5.33. The number of nitrogens with one attached hydrogen (secondary N) is 1. The smallest absolute Gasteiger partial charge is 0.271 e. The van der Waals surface area contributed by atoms with Gasteiger partial charge in [-0.25, -0.2) is 5.43 Å². The molecule has 2 aromatic carbocycles. The summed E-state index contributed by atoms with van der Waals surface area (Å²) in [6, 6.07) is 13.1. The Morgan fingerprint density at radius 1 is 1.04 bits per heavy atom. The molecular weight excluding hydrogens is 320 g/mol. The molecule has 0 bridgehead atoms. The van der Waals surface area contributed by atoms with E-state index in [1.807, 2.05) is 37.3 Å². The third kappa shape index (κ3) is 4.50. The van der Waals surface area contributed by atoms with Crippen LogP contribution in [0, 0.1) is 0 Å². The number of carbonyl (C=O) groups excluding carboxylic acids is 1. The number of hydrogen-bond donors (Lipinski definition) is 1. The van der Waals surface area contributed by atoms with Crippen molar-refractivity contribution in [1.29, 1.82) is 0 Å². The largest absolute Gasteiger partial charge is 0.493 e. The first-order valence-electron chi connectivity index (χ1n) is 7.79. The molecule has 0 aliphatic rings. The molecule has 0 saturated heterocycles. The molecule has 0 saturated carbocycles. The van der Waals surface area contributed by atoms with Crippen LogP contribution >= 0.6 is 0 Å². The number of carbonyl (C=O) groups is 1. The van der Waals surface area contributed by atoms with Crippen LogP contribution in [0.25, 0.3) is 0 Å². The third-order valence-corrected chi connectivity index (χ3v) is 3.72. The number of methoxy groups -OCH3 is 3. The zero-order chi connectivity index (χ0) is 18.2. The Hall–Kier alpha value is -3.02. The molecule has 1 atom stereocenters. The molecule has 0 radical (unpaired) electrons. The standard InChI is InChI=1S/C19H22N2O4/c1-13(14-8-6-5-7-9-14)12-20-21-19(22)15-10-16(23-2)18(25-4)17(11-15)24-3/h5-13H,1-4H3,(H,21,22)/b20-12+. The van der Waals surface area contributed by atoms with Gasteiger partial charge in [-0.15, -0.1) is 0 Å². The van der Waals surface area contributed by atoms with Crippen LogP contribution in [0.2, 0.25) is 0 Å². The van der Waals surface area contributed by atoms with E-state index in [2.05, 4.69) is 10.5 Å². The van der Waals surface area contributed by atoms with Gasteiger partial charge in [0, 0.05) is 17.7 Å². The van der Waals surface area contributed by atoms with E-state index >= 15 is 0 Å². The molecule has 6 nitrogen and oxygen atoms in total. The minimum absolute atomic E-state index is 0.0847. The average molecular weight is 342 g/mol. The first-order valence-corrected chi connectivity index (χ1v) is 7.79. The number of ether oxygens (including phenoxy) is 3. The summed E-state index contributed by atoms with van der Waals surface area (Å²) in [6.45, 7) is 2.00. The molecule has 1 N–H and O–H groups in total. The summed E-state index contributed by atoms with van der Waals surface area (Å²) in [5.74, 6) is 0.974. The van der Waals surface area contributed by atoms with Crippen LogP contribution in [0.5, 0.6) is 17.2 Å². The van der Waals surface area contributed by atoms with Gasteiger partial charge in [0.1, 0.15) is 0 Å². The zero-order valence-corrected chi connectivity index (χ0v) is 14.8. The molecule has 132 valence electrons. The van der Waals surface area contributed by atoms with Crippen LogP contribution in [0.3, 0.4) is 0 Å². The molecule has 25 heavy (non-hydrogen) atoms. The van der Waals surface area contributed by atoms with E-state index in [-0.39, 0.29) is 11.8 Å². The predicted octanol–water partition coefficient (Wildman–Crippen LogP) is 3.23. The Balaban J connectivity index is 2.11. The summed E-state index contributed by atoms with van der Waals surface area (Å²) >= 11 is 0. The monoisotopic (exact) mass is 342 g/mol. The maximum atomic E-state index is 12.3. The van der Waals surface area contributed by atoms with Gasteiger partial charge in [0.15, 0.2) is 11.5 Å². The summed E-state index contributed by atoms with van der Waals surface area (Å²) in [5, 5.41) is 4.04. The summed E-state index contributed by atoms with van der Waals surface area (Å²) in [6.07, 6.45) is 1.69. The van der Waals surface area contributed by atoms with Crippen molar-refractivity contribution in [2.75, 3.05) is 21.3 Å². The van der Waals surface area contributed by atoms with Crippen LogP contribution in [-0.2, 0) is 0 Å². The molecule has 6 heteroatoms. The van der Waals surface area contributed by atoms with Crippen molar-refractivity contribution in [2.24, 2.45) is 5.10 Å². The van der Waals surface area contributed by atoms with Gasteiger partial charge >= 0.3 is 0 Å². The lowest BCUT2D eigenvalue weighted by Crippen LogP contribution is -2.18. The number of hydrogen-bond acceptors (Lipinski definition) is 5. The number of nitrogens with zero attached hydrogens (tertiary/aromatic N) is 1. The highest BCUT2D eigenvalue weighted by Gasteiger charge is 2.16. The van der Waals surface area contributed by atoms with Gasteiger partial charge in [-0.1, -0.05) is 37.3 Å². The fourth-order valence-corrected chi connectivity index (χ4v) is 2.33. The second kappa shape index (κ2) is 8.73. The van der Waals surface area contributed by atoms with Gasteiger partial charge in [0.05, 0.1) is 21.3 Å². The van der Waals surface area contributed by atoms with Crippen LogP contribution < -0.4 is 19.6 Å². The fraction of sp³-hybridized carbons (Fsp3) is 0.263. The molecule has 1 amide bonds. The van der Waals surface area contributed by atoms with Crippen molar-refractivity contribution in [2.45, 2.75) is 12.8 Å². The van der Waals surface area contributed by atoms with Gasteiger partial charge in [0.25, 0.3) is 5.91 Å². The number of hydrazone groups is 1. The summed E-state index contributed by atoms with van der Waals surface area (Å²) in [7, 11) is 4.51. The molecule has 0 aromatic heterocycles. The van der Waals surface area contributed by atoms with Crippen LogP contribution in [0.4, 0.5) is 0 Å². The molecule has 0 aliphatic carbocycles. The Morgan fingerprint density at radius 2 is 1.64 bits per heavy atom. The Morgan fingerprint density at radius 3 is 2.16 bits per heavy atom. The number of benzene rings is 2. The molecule has 2 aromatic rings. The molecule has 0 fully saturated rings. The average Bonchev–Trinajstić information content (AvgIpc) is 2.67. The lowest BCUT2D eigenvalue weighted by Gasteiger charge is -2.13. The van der Waals surface area contributed by atoms with Gasteiger partial charge in [-0.05, 0) is 17.7 Å².